The van der Waals surface area contributed by atoms with Crippen molar-refractivity contribution < 1.29 is 13.2 Å². The Morgan fingerprint density at radius 1 is 1.32 bits per heavy atom. The summed E-state index contributed by atoms with van der Waals surface area (Å²) in [6.07, 6.45) is 3.37. The maximum Gasteiger partial charge on any atom is 0.242 e. The van der Waals surface area contributed by atoms with Crippen molar-refractivity contribution in [1.82, 2.24) is 4.72 Å². The van der Waals surface area contributed by atoms with Gasteiger partial charge in [-0.2, -0.15) is 0 Å². The van der Waals surface area contributed by atoms with Gasteiger partial charge in [0.1, 0.15) is 4.90 Å². The van der Waals surface area contributed by atoms with Gasteiger partial charge < -0.3 is 9.64 Å². The number of nitrogens with one attached hydrogen (secondary N) is 1. The molecule has 1 heterocycles. The lowest BCUT2D eigenvalue weighted by molar-refractivity contribution is 0.151. The first-order valence-electron chi connectivity index (χ1n) is 7.91. The zero-order valence-corrected chi connectivity index (χ0v) is 14.2. The lowest BCUT2D eigenvalue weighted by atomic mass is 10.0. The Bertz CT molecular complexity index is 575. The average molecular weight is 326 g/mol. The molecule has 6 heteroatoms. The van der Waals surface area contributed by atoms with E-state index in [9.17, 15) is 8.42 Å². The Morgan fingerprint density at radius 2 is 2.09 bits per heavy atom. The third-order valence-corrected chi connectivity index (χ3v) is 5.59. The highest BCUT2D eigenvalue weighted by molar-refractivity contribution is 7.89. The van der Waals surface area contributed by atoms with E-state index in [1.165, 1.54) is 0 Å². The van der Waals surface area contributed by atoms with E-state index in [4.69, 9.17) is 4.74 Å². The molecule has 0 spiro atoms. The number of para-hydroxylation sites is 1. The molecule has 0 radical (unpaired) electrons. The number of sulfonamides is 1. The molecule has 5 nitrogen and oxygen atoms in total. The van der Waals surface area contributed by atoms with Gasteiger partial charge in [-0.3, -0.25) is 0 Å². The maximum absolute atomic E-state index is 12.4. The van der Waals surface area contributed by atoms with Crippen LogP contribution in [0.4, 0.5) is 5.69 Å². The molecule has 1 aliphatic heterocycles. The lowest BCUT2D eigenvalue weighted by Crippen LogP contribution is -2.32. The van der Waals surface area contributed by atoms with E-state index in [0.29, 0.717) is 17.4 Å². The highest BCUT2D eigenvalue weighted by Gasteiger charge is 2.24. The van der Waals surface area contributed by atoms with Crippen LogP contribution in [0.1, 0.15) is 26.2 Å². The molecule has 0 aromatic heterocycles. The van der Waals surface area contributed by atoms with E-state index in [1.807, 2.05) is 12.1 Å². The largest absolute Gasteiger partial charge is 0.384 e. The number of anilines is 1. The average Bonchev–Trinajstić information content (AvgIpc) is 2.73. The van der Waals surface area contributed by atoms with Crippen LogP contribution in [0.25, 0.3) is 0 Å². The fourth-order valence-corrected chi connectivity index (χ4v) is 4.30. The second kappa shape index (κ2) is 7.94. The first-order chi connectivity index (χ1) is 10.6. The third-order valence-electron chi connectivity index (χ3n) is 4.00. The minimum Gasteiger partial charge on any atom is -0.384 e. The normalized spacial score (nSPS) is 19.9. The van der Waals surface area contributed by atoms with Crippen molar-refractivity contribution in [3.63, 3.8) is 0 Å². The van der Waals surface area contributed by atoms with Crippen molar-refractivity contribution in [2.24, 2.45) is 5.92 Å². The van der Waals surface area contributed by atoms with Gasteiger partial charge in [-0.25, -0.2) is 13.1 Å². The molecule has 124 valence electrons. The van der Waals surface area contributed by atoms with Gasteiger partial charge in [-0.15, -0.1) is 0 Å². The van der Waals surface area contributed by atoms with Crippen molar-refractivity contribution in [3.05, 3.63) is 24.3 Å². The zero-order chi connectivity index (χ0) is 16.0. The summed E-state index contributed by atoms with van der Waals surface area (Å²) in [4.78, 5) is 2.57. The van der Waals surface area contributed by atoms with Crippen molar-refractivity contribution in [3.8, 4) is 0 Å². The molecule has 2 rings (SSSR count). The second-order valence-corrected chi connectivity index (χ2v) is 7.47. The monoisotopic (exact) mass is 326 g/mol. The van der Waals surface area contributed by atoms with Gasteiger partial charge in [0.05, 0.1) is 12.3 Å². The summed E-state index contributed by atoms with van der Waals surface area (Å²) in [7, 11) is -1.73. The first kappa shape index (κ1) is 17.2. The number of hydrogen-bond donors (Lipinski definition) is 1. The third kappa shape index (κ3) is 4.21. The first-order valence-corrected chi connectivity index (χ1v) is 9.39. The molecule has 1 N–H and O–H groups in total. The lowest BCUT2D eigenvalue weighted by Gasteiger charge is -2.28. The molecule has 1 atom stereocenters. The van der Waals surface area contributed by atoms with Crippen LogP contribution < -0.4 is 9.62 Å². The predicted molar refractivity (Wildman–Crippen MR) is 88.7 cm³/mol. The molecule has 22 heavy (non-hydrogen) atoms. The highest BCUT2D eigenvalue weighted by Crippen LogP contribution is 2.28. The summed E-state index contributed by atoms with van der Waals surface area (Å²) >= 11 is 0. The van der Waals surface area contributed by atoms with E-state index in [-0.39, 0.29) is 0 Å². The minimum atomic E-state index is -3.45. The van der Waals surface area contributed by atoms with Gasteiger partial charge in [-0.05, 0) is 30.9 Å². The number of benzene rings is 1. The van der Waals surface area contributed by atoms with Crippen LogP contribution >= 0.6 is 0 Å². The Labute approximate surface area is 133 Å². The predicted octanol–water partition coefficient (Wildman–Crippen LogP) is 2.24. The molecule has 0 aliphatic carbocycles. The van der Waals surface area contributed by atoms with Gasteiger partial charge in [0.25, 0.3) is 0 Å². The molecule has 0 amide bonds. The minimum absolute atomic E-state index is 0.370. The standard InChI is InChI=1S/C16H26N2O3S/c1-3-17-22(19,20)16-10-5-4-9-15(16)18-11-7-6-8-14(12-18)13-21-2/h4-5,9-10,14,17H,3,6-8,11-13H2,1-2H3. The summed E-state index contributed by atoms with van der Waals surface area (Å²) in [5.41, 5.74) is 0.798. The fourth-order valence-electron chi connectivity index (χ4n) is 3.03. The number of hydrogen-bond acceptors (Lipinski definition) is 4. The smallest absolute Gasteiger partial charge is 0.242 e. The number of nitrogens with zero attached hydrogens (tertiary/aromatic N) is 1. The summed E-state index contributed by atoms with van der Waals surface area (Å²) < 4.78 is 32.7. The van der Waals surface area contributed by atoms with Crippen molar-refractivity contribution in [1.29, 1.82) is 0 Å². The zero-order valence-electron chi connectivity index (χ0n) is 13.4. The molecule has 1 aromatic rings. The Morgan fingerprint density at radius 3 is 2.82 bits per heavy atom. The van der Waals surface area contributed by atoms with E-state index >= 15 is 0 Å². The van der Waals surface area contributed by atoms with Gasteiger partial charge in [0.15, 0.2) is 0 Å². The van der Waals surface area contributed by atoms with Gasteiger partial charge >= 0.3 is 0 Å². The van der Waals surface area contributed by atoms with Gasteiger partial charge in [0, 0.05) is 26.7 Å². The van der Waals surface area contributed by atoms with E-state index < -0.39 is 10.0 Å². The molecule has 1 unspecified atom stereocenters. The highest BCUT2D eigenvalue weighted by atomic mass is 32.2. The van der Waals surface area contributed by atoms with Gasteiger partial charge in [0.2, 0.25) is 10.0 Å². The molecule has 1 aliphatic rings. The van der Waals surface area contributed by atoms with Crippen molar-refractivity contribution in [2.45, 2.75) is 31.1 Å². The quantitative estimate of drug-likeness (QED) is 0.871. The summed E-state index contributed by atoms with van der Waals surface area (Å²) in [6, 6.07) is 7.26. The molecule has 0 saturated carbocycles. The van der Waals surface area contributed by atoms with Crippen LogP contribution in [0.2, 0.25) is 0 Å². The summed E-state index contributed by atoms with van der Waals surface area (Å²) in [5, 5.41) is 0. The number of rotatable bonds is 6. The van der Waals surface area contributed by atoms with Crippen LogP contribution in [0, 0.1) is 5.92 Å². The van der Waals surface area contributed by atoms with Crippen LogP contribution in [-0.4, -0.2) is 41.8 Å². The Hall–Kier alpha value is -1.11. The molecule has 0 bridgehead atoms. The van der Waals surface area contributed by atoms with Crippen molar-refractivity contribution in [2.75, 3.05) is 38.3 Å². The van der Waals surface area contributed by atoms with Crippen LogP contribution in [0.15, 0.2) is 29.2 Å². The van der Waals surface area contributed by atoms with Crippen LogP contribution in [-0.2, 0) is 14.8 Å². The second-order valence-electron chi connectivity index (χ2n) is 5.73. The van der Waals surface area contributed by atoms with Crippen LogP contribution in [0.3, 0.4) is 0 Å². The topological polar surface area (TPSA) is 58.6 Å². The number of methoxy groups -OCH3 is 1. The van der Waals surface area contributed by atoms with E-state index in [1.54, 1.807) is 26.2 Å². The maximum atomic E-state index is 12.4. The summed E-state index contributed by atoms with van der Waals surface area (Å²) in [5.74, 6) is 0.447. The van der Waals surface area contributed by atoms with E-state index in [0.717, 1.165) is 44.6 Å². The van der Waals surface area contributed by atoms with E-state index in [2.05, 4.69) is 9.62 Å². The Kier molecular flexibility index (Phi) is 6.23. The molecular weight excluding hydrogens is 300 g/mol. The fraction of sp³-hybridized carbons (Fsp3) is 0.625. The molecule has 1 aromatic carbocycles. The van der Waals surface area contributed by atoms with Crippen molar-refractivity contribution >= 4 is 15.7 Å². The van der Waals surface area contributed by atoms with Crippen LogP contribution in [0.5, 0.6) is 0 Å². The number of ether oxygens (including phenoxy) is 1. The molecule has 1 saturated heterocycles. The SMILES string of the molecule is CCNS(=O)(=O)c1ccccc1N1CCCCC(COC)C1. The Balaban J connectivity index is 2.31. The summed E-state index contributed by atoms with van der Waals surface area (Å²) in [6.45, 7) is 4.63. The molecule has 1 fully saturated rings. The molecular formula is C16H26N2O3S. The van der Waals surface area contributed by atoms with Gasteiger partial charge in [-0.1, -0.05) is 25.5 Å².